The van der Waals surface area contributed by atoms with Gasteiger partial charge in [-0.2, -0.15) is 0 Å². The molecule has 7 nitrogen and oxygen atoms in total. The van der Waals surface area contributed by atoms with E-state index in [1.165, 1.54) is 4.90 Å². The SMILES string of the molecule is O=C(O)CN(CC(=O)O)c1ccc(/C(=C2/C=Nc3ccccc32)c2c[nH]c3ccccc23)cc1. The second kappa shape index (κ2) is 8.71. The summed E-state index contributed by atoms with van der Waals surface area (Å²) in [5.74, 6) is -2.18. The largest absolute Gasteiger partial charge is 0.480 e. The molecule has 0 unspecified atom stereocenters. The van der Waals surface area contributed by atoms with Gasteiger partial charge in [-0.15, -0.1) is 0 Å². The number of nitrogens with one attached hydrogen (secondary N) is 1. The summed E-state index contributed by atoms with van der Waals surface area (Å²) in [5.41, 5.74) is 7.39. The summed E-state index contributed by atoms with van der Waals surface area (Å²) in [6.45, 7) is -0.801. The van der Waals surface area contributed by atoms with Gasteiger partial charge < -0.3 is 20.1 Å². The second-order valence-electron chi connectivity index (χ2n) is 8.00. The first-order chi connectivity index (χ1) is 16.5. The van der Waals surface area contributed by atoms with Crippen molar-refractivity contribution in [2.45, 2.75) is 0 Å². The number of aliphatic carboxylic acids is 2. The van der Waals surface area contributed by atoms with E-state index in [4.69, 9.17) is 0 Å². The van der Waals surface area contributed by atoms with E-state index in [0.717, 1.165) is 44.4 Å². The lowest BCUT2D eigenvalue weighted by Gasteiger charge is -2.21. The highest BCUT2D eigenvalue weighted by atomic mass is 16.4. The number of hydrogen-bond acceptors (Lipinski definition) is 4. The van der Waals surface area contributed by atoms with Crippen molar-refractivity contribution in [2.75, 3.05) is 18.0 Å². The van der Waals surface area contributed by atoms with Crippen LogP contribution in [0.15, 0.2) is 84.0 Å². The topological polar surface area (TPSA) is 106 Å². The smallest absolute Gasteiger partial charge is 0.323 e. The van der Waals surface area contributed by atoms with Gasteiger partial charge in [0.25, 0.3) is 0 Å². The Balaban J connectivity index is 1.66. The average molecular weight is 451 g/mol. The Morgan fingerprint density at radius 2 is 1.53 bits per heavy atom. The van der Waals surface area contributed by atoms with E-state index in [-0.39, 0.29) is 0 Å². The molecule has 5 rings (SSSR count). The highest BCUT2D eigenvalue weighted by Crippen LogP contribution is 2.41. The van der Waals surface area contributed by atoms with Crippen molar-refractivity contribution in [3.8, 4) is 0 Å². The number of carbonyl (C=O) groups is 2. The normalized spacial score (nSPS) is 13.6. The number of fused-ring (bicyclic) bond motifs is 2. The summed E-state index contributed by atoms with van der Waals surface area (Å²) in [6.07, 6.45) is 3.85. The lowest BCUT2D eigenvalue weighted by molar-refractivity contribution is -0.136. The molecule has 7 heteroatoms. The Labute approximate surface area is 195 Å². The highest BCUT2D eigenvalue weighted by Gasteiger charge is 2.21. The van der Waals surface area contributed by atoms with Gasteiger partial charge in [-0.1, -0.05) is 48.5 Å². The molecular formula is C27H21N3O4. The molecule has 0 aliphatic carbocycles. The van der Waals surface area contributed by atoms with Gasteiger partial charge in [0.1, 0.15) is 13.1 Å². The number of nitrogens with zero attached hydrogens (tertiary/aromatic N) is 2. The van der Waals surface area contributed by atoms with E-state index >= 15 is 0 Å². The molecule has 4 aromatic rings. The van der Waals surface area contributed by atoms with Crippen molar-refractivity contribution in [2.24, 2.45) is 4.99 Å². The fourth-order valence-electron chi connectivity index (χ4n) is 4.36. The molecule has 1 aliphatic rings. The van der Waals surface area contributed by atoms with Gasteiger partial charge in [0.05, 0.1) is 5.69 Å². The van der Waals surface area contributed by atoms with Crippen LogP contribution in [-0.4, -0.2) is 46.4 Å². The zero-order chi connectivity index (χ0) is 23.7. The number of anilines is 1. The molecular weight excluding hydrogens is 430 g/mol. The van der Waals surface area contributed by atoms with Crippen molar-refractivity contribution in [3.05, 3.63) is 95.7 Å². The predicted octanol–water partition coefficient (Wildman–Crippen LogP) is 4.82. The maximum Gasteiger partial charge on any atom is 0.323 e. The molecule has 0 saturated carbocycles. The van der Waals surface area contributed by atoms with Crippen LogP contribution in [0.5, 0.6) is 0 Å². The van der Waals surface area contributed by atoms with E-state index in [9.17, 15) is 19.8 Å². The number of allylic oxidation sites excluding steroid dienone is 1. The van der Waals surface area contributed by atoms with Crippen LogP contribution >= 0.6 is 0 Å². The number of carboxylic acid groups (broad SMARTS) is 2. The third-order valence-electron chi connectivity index (χ3n) is 5.83. The number of aromatic nitrogens is 1. The quantitative estimate of drug-likeness (QED) is 0.374. The average Bonchev–Trinajstić information content (AvgIpc) is 3.44. The van der Waals surface area contributed by atoms with E-state index < -0.39 is 25.0 Å². The van der Waals surface area contributed by atoms with Crippen molar-refractivity contribution in [3.63, 3.8) is 0 Å². The van der Waals surface area contributed by atoms with Crippen molar-refractivity contribution < 1.29 is 19.8 Å². The van der Waals surface area contributed by atoms with E-state index in [0.29, 0.717) is 5.69 Å². The Morgan fingerprint density at radius 1 is 0.853 bits per heavy atom. The molecule has 0 amide bonds. The number of carboxylic acids is 2. The Hall–Kier alpha value is -4.65. The molecule has 3 aromatic carbocycles. The Bertz CT molecular complexity index is 1450. The molecule has 1 aliphatic heterocycles. The Kier molecular flexibility index (Phi) is 5.43. The minimum atomic E-state index is -1.09. The minimum Gasteiger partial charge on any atom is -0.480 e. The molecule has 0 spiro atoms. The van der Waals surface area contributed by atoms with E-state index in [2.05, 4.69) is 16.0 Å². The molecule has 2 heterocycles. The Morgan fingerprint density at radius 3 is 2.26 bits per heavy atom. The number of aromatic amines is 1. The number of H-pyrrole nitrogens is 1. The molecule has 0 saturated heterocycles. The molecule has 0 bridgehead atoms. The molecule has 1 aromatic heterocycles. The van der Waals surface area contributed by atoms with Gasteiger partial charge in [0.2, 0.25) is 0 Å². The lowest BCUT2D eigenvalue weighted by atomic mass is 9.90. The van der Waals surface area contributed by atoms with Crippen LogP contribution in [0.3, 0.4) is 0 Å². The van der Waals surface area contributed by atoms with Crippen LogP contribution in [0.1, 0.15) is 16.7 Å². The maximum absolute atomic E-state index is 11.3. The monoisotopic (exact) mass is 451 g/mol. The molecule has 0 atom stereocenters. The molecule has 0 radical (unpaired) electrons. The summed E-state index contributed by atoms with van der Waals surface area (Å²) >= 11 is 0. The van der Waals surface area contributed by atoms with Gasteiger partial charge >= 0.3 is 11.9 Å². The van der Waals surface area contributed by atoms with E-state index in [1.807, 2.05) is 67.0 Å². The molecule has 168 valence electrons. The fourth-order valence-corrected chi connectivity index (χ4v) is 4.36. The summed E-state index contributed by atoms with van der Waals surface area (Å²) in [6, 6.07) is 23.3. The van der Waals surface area contributed by atoms with Crippen molar-refractivity contribution >= 4 is 51.6 Å². The zero-order valence-electron chi connectivity index (χ0n) is 18.1. The van der Waals surface area contributed by atoms with Crippen LogP contribution in [0.2, 0.25) is 0 Å². The first-order valence-electron chi connectivity index (χ1n) is 10.7. The van der Waals surface area contributed by atoms with Crippen LogP contribution in [-0.2, 0) is 9.59 Å². The maximum atomic E-state index is 11.3. The van der Waals surface area contributed by atoms with Crippen LogP contribution in [0.25, 0.3) is 22.0 Å². The molecule has 3 N–H and O–H groups in total. The van der Waals surface area contributed by atoms with Crippen molar-refractivity contribution in [1.29, 1.82) is 0 Å². The predicted molar refractivity (Wildman–Crippen MR) is 133 cm³/mol. The van der Waals surface area contributed by atoms with Gasteiger partial charge in [0.15, 0.2) is 0 Å². The van der Waals surface area contributed by atoms with Gasteiger partial charge in [-0.05, 0) is 29.8 Å². The first-order valence-corrected chi connectivity index (χ1v) is 10.7. The van der Waals surface area contributed by atoms with Gasteiger partial charge in [-0.3, -0.25) is 14.6 Å². The summed E-state index contributed by atoms with van der Waals surface area (Å²) in [5, 5.41) is 19.5. The second-order valence-corrected chi connectivity index (χ2v) is 8.00. The van der Waals surface area contributed by atoms with E-state index in [1.54, 1.807) is 12.1 Å². The number of para-hydroxylation sites is 2. The molecule has 0 fully saturated rings. The lowest BCUT2D eigenvalue weighted by Crippen LogP contribution is -2.34. The zero-order valence-corrected chi connectivity index (χ0v) is 18.1. The number of aliphatic imine (C=N–C) groups is 1. The third kappa shape index (κ3) is 3.95. The number of benzene rings is 3. The number of hydrogen-bond donors (Lipinski definition) is 3. The summed E-state index contributed by atoms with van der Waals surface area (Å²) in [7, 11) is 0. The van der Waals surface area contributed by atoms with Gasteiger partial charge in [-0.25, -0.2) is 0 Å². The van der Waals surface area contributed by atoms with Crippen LogP contribution < -0.4 is 4.90 Å². The van der Waals surface area contributed by atoms with Crippen LogP contribution in [0, 0.1) is 0 Å². The molecule has 34 heavy (non-hydrogen) atoms. The standard InChI is InChI=1S/C27H21N3O4/c31-25(32)15-30(16-26(33)34)18-11-9-17(10-12-18)27(21-13-28-23-7-3-1-5-19(21)23)22-14-29-24-8-4-2-6-20(22)24/h1-14,28H,15-16H2,(H,31,32)(H,33,34)/b27-22+. The van der Waals surface area contributed by atoms with Crippen molar-refractivity contribution in [1.82, 2.24) is 4.98 Å². The summed E-state index contributed by atoms with van der Waals surface area (Å²) in [4.78, 5) is 31.8. The fraction of sp³-hybridized carbons (Fsp3) is 0.0741. The first kappa shape index (κ1) is 21.2. The van der Waals surface area contributed by atoms with Crippen LogP contribution in [0.4, 0.5) is 11.4 Å². The minimum absolute atomic E-state index is 0.401. The van der Waals surface area contributed by atoms with Gasteiger partial charge in [0, 0.05) is 51.3 Å². The highest BCUT2D eigenvalue weighted by molar-refractivity contribution is 6.27. The third-order valence-corrected chi connectivity index (χ3v) is 5.83. The number of rotatable bonds is 7. The summed E-state index contributed by atoms with van der Waals surface area (Å²) < 4.78 is 0.